The third-order valence-electron chi connectivity index (χ3n) is 2.24. The maximum Gasteiger partial charge on any atom is 0.315 e. The summed E-state index contributed by atoms with van der Waals surface area (Å²) in [5.74, 6) is 0.955. The molecule has 88 valence electrons. The second-order valence-electron chi connectivity index (χ2n) is 3.62. The molecular formula is C9H14N4O3. The van der Waals surface area contributed by atoms with Crippen LogP contribution in [0.5, 0.6) is 0 Å². The monoisotopic (exact) mass is 226 g/mol. The van der Waals surface area contributed by atoms with Gasteiger partial charge in [-0.25, -0.2) is 4.79 Å². The fraction of sp³-hybridized carbons (Fsp3) is 0.667. The van der Waals surface area contributed by atoms with E-state index in [1.54, 1.807) is 6.92 Å². The van der Waals surface area contributed by atoms with Crippen LogP contribution in [0, 0.1) is 6.92 Å². The molecule has 1 aromatic rings. The lowest BCUT2D eigenvalue weighted by Gasteiger charge is -2.10. The second-order valence-corrected chi connectivity index (χ2v) is 3.62. The van der Waals surface area contributed by atoms with E-state index in [1.165, 1.54) is 0 Å². The molecule has 0 saturated carbocycles. The van der Waals surface area contributed by atoms with Gasteiger partial charge in [-0.1, -0.05) is 5.16 Å². The SMILES string of the molecule is Cc1nc(CNC(=O)NC2CCOC2)no1. The summed E-state index contributed by atoms with van der Waals surface area (Å²) in [4.78, 5) is 15.4. The lowest BCUT2D eigenvalue weighted by molar-refractivity contribution is 0.188. The Morgan fingerprint density at radius 3 is 3.12 bits per heavy atom. The van der Waals surface area contributed by atoms with Crippen LogP contribution in [0.4, 0.5) is 4.79 Å². The standard InChI is InChI=1S/C9H14N4O3/c1-6-11-8(13-16-6)4-10-9(14)12-7-2-3-15-5-7/h7H,2-5H2,1H3,(H2,10,12,14). The van der Waals surface area contributed by atoms with Crippen molar-refractivity contribution in [1.29, 1.82) is 0 Å². The number of urea groups is 1. The predicted molar refractivity (Wildman–Crippen MR) is 53.6 cm³/mol. The number of carbonyl (C=O) groups is 1. The molecule has 0 bridgehead atoms. The summed E-state index contributed by atoms with van der Waals surface area (Å²) in [5.41, 5.74) is 0. The minimum Gasteiger partial charge on any atom is -0.379 e. The highest BCUT2D eigenvalue weighted by atomic mass is 16.5. The highest BCUT2D eigenvalue weighted by molar-refractivity contribution is 5.74. The Kier molecular flexibility index (Phi) is 3.35. The number of aryl methyl sites for hydroxylation is 1. The van der Waals surface area contributed by atoms with Gasteiger partial charge in [-0.2, -0.15) is 4.98 Å². The molecule has 1 aliphatic rings. The number of amides is 2. The Morgan fingerprint density at radius 2 is 2.50 bits per heavy atom. The fourth-order valence-electron chi connectivity index (χ4n) is 1.46. The van der Waals surface area contributed by atoms with Crippen molar-refractivity contribution < 1.29 is 14.1 Å². The number of nitrogens with zero attached hydrogens (tertiary/aromatic N) is 2. The van der Waals surface area contributed by atoms with Crippen LogP contribution < -0.4 is 10.6 Å². The first kappa shape index (κ1) is 10.9. The smallest absolute Gasteiger partial charge is 0.315 e. The van der Waals surface area contributed by atoms with E-state index in [0.717, 1.165) is 6.42 Å². The molecule has 2 amide bonds. The quantitative estimate of drug-likeness (QED) is 0.755. The largest absolute Gasteiger partial charge is 0.379 e. The van der Waals surface area contributed by atoms with E-state index in [0.29, 0.717) is 24.9 Å². The molecule has 2 N–H and O–H groups in total. The summed E-state index contributed by atoms with van der Waals surface area (Å²) >= 11 is 0. The van der Waals surface area contributed by atoms with Crippen LogP contribution in [0.25, 0.3) is 0 Å². The zero-order chi connectivity index (χ0) is 11.4. The van der Waals surface area contributed by atoms with Crippen molar-refractivity contribution in [3.05, 3.63) is 11.7 Å². The van der Waals surface area contributed by atoms with Crippen molar-refractivity contribution in [3.8, 4) is 0 Å². The highest BCUT2D eigenvalue weighted by Crippen LogP contribution is 2.02. The van der Waals surface area contributed by atoms with E-state index in [4.69, 9.17) is 9.26 Å². The van der Waals surface area contributed by atoms with Crippen molar-refractivity contribution in [3.63, 3.8) is 0 Å². The maximum atomic E-state index is 11.4. The van der Waals surface area contributed by atoms with Gasteiger partial charge in [-0.15, -0.1) is 0 Å². The van der Waals surface area contributed by atoms with Gasteiger partial charge in [0.25, 0.3) is 0 Å². The second kappa shape index (κ2) is 4.93. The summed E-state index contributed by atoms with van der Waals surface area (Å²) in [5, 5.41) is 9.11. The molecule has 0 aromatic carbocycles. The molecule has 1 saturated heterocycles. The van der Waals surface area contributed by atoms with Gasteiger partial charge >= 0.3 is 6.03 Å². The lowest BCUT2D eigenvalue weighted by atomic mass is 10.3. The molecule has 0 spiro atoms. The van der Waals surface area contributed by atoms with E-state index < -0.39 is 0 Å². The molecule has 0 aliphatic carbocycles. The van der Waals surface area contributed by atoms with Crippen molar-refractivity contribution >= 4 is 6.03 Å². The third-order valence-corrected chi connectivity index (χ3v) is 2.24. The normalized spacial score (nSPS) is 19.7. The van der Waals surface area contributed by atoms with Gasteiger partial charge in [0.05, 0.1) is 19.2 Å². The zero-order valence-corrected chi connectivity index (χ0v) is 9.02. The topological polar surface area (TPSA) is 89.3 Å². The van der Waals surface area contributed by atoms with Gasteiger partial charge in [0.15, 0.2) is 5.82 Å². The van der Waals surface area contributed by atoms with E-state index in [9.17, 15) is 4.79 Å². The molecule has 1 unspecified atom stereocenters. The number of ether oxygens (including phenoxy) is 1. The van der Waals surface area contributed by atoms with Gasteiger partial charge in [0, 0.05) is 13.5 Å². The van der Waals surface area contributed by atoms with Gasteiger partial charge in [-0.05, 0) is 6.42 Å². The Hall–Kier alpha value is -1.63. The van der Waals surface area contributed by atoms with E-state index in [1.807, 2.05) is 0 Å². The van der Waals surface area contributed by atoms with E-state index in [-0.39, 0.29) is 18.6 Å². The molecule has 7 heteroatoms. The first-order chi connectivity index (χ1) is 7.74. The van der Waals surface area contributed by atoms with Crippen LogP contribution >= 0.6 is 0 Å². The molecule has 0 radical (unpaired) electrons. The number of hydrogen-bond acceptors (Lipinski definition) is 5. The van der Waals surface area contributed by atoms with Crippen LogP contribution in [0.2, 0.25) is 0 Å². The van der Waals surface area contributed by atoms with Gasteiger partial charge in [-0.3, -0.25) is 0 Å². The molecule has 1 atom stereocenters. The van der Waals surface area contributed by atoms with Crippen molar-refractivity contribution in [2.24, 2.45) is 0 Å². The highest BCUT2D eigenvalue weighted by Gasteiger charge is 2.17. The number of carbonyl (C=O) groups excluding carboxylic acids is 1. The van der Waals surface area contributed by atoms with Crippen molar-refractivity contribution in [2.45, 2.75) is 25.9 Å². The average Bonchev–Trinajstić information content (AvgIpc) is 2.87. The zero-order valence-electron chi connectivity index (χ0n) is 9.02. The van der Waals surface area contributed by atoms with Crippen molar-refractivity contribution in [1.82, 2.24) is 20.8 Å². The Labute approximate surface area is 92.5 Å². The Balaban J connectivity index is 1.71. The summed E-state index contributed by atoms with van der Waals surface area (Å²) in [6.07, 6.45) is 0.856. The minimum atomic E-state index is -0.238. The maximum absolute atomic E-state index is 11.4. The van der Waals surface area contributed by atoms with Gasteiger partial charge in [0.1, 0.15) is 0 Å². The molecule has 2 rings (SSSR count). The van der Waals surface area contributed by atoms with E-state index in [2.05, 4.69) is 20.8 Å². The summed E-state index contributed by atoms with van der Waals surface area (Å²) < 4.78 is 9.92. The average molecular weight is 226 g/mol. The molecule has 1 aromatic heterocycles. The third kappa shape index (κ3) is 2.93. The predicted octanol–water partition coefficient (Wildman–Crippen LogP) is -0.0339. The fourth-order valence-corrected chi connectivity index (χ4v) is 1.46. The number of nitrogens with one attached hydrogen (secondary N) is 2. The van der Waals surface area contributed by atoms with Crippen molar-refractivity contribution in [2.75, 3.05) is 13.2 Å². The molecule has 1 aliphatic heterocycles. The molecular weight excluding hydrogens is 212 g/mol. The lowest BCUT2D eigenvalue weighted by Crippen LogP contribution is -2.42. The van der Waals surface area contributed by atoms with E-state index >= 15 is 0 Å². The minimum absolute atomic E-state index is 0.104. The number of aromatic nitrogens is 2. The van der Waals surface area contributed by atoms with Crippen LogP contribution in [-0.4, -0.2) is 35.4 Å². The number of rotatable bonds is 3. The number of hydrogen-bond donors (Lipinski definition) is 2. The Bertz CT molecular complexity index is 359. The molecule has 7 nitrogen and oxygen atoms in total. The van der Waals surface area contributed by atoms with Crippen LogP contribution in [-0.2, 0) is 11.3 Å². The first-order valence-corrected chi connectivity index (χ1v) is 5.15. The summed E-state index contributed by atoms with van der Waals surface area (Å²) in [6.45, 7) is 3.24. The van der Waals surface area contributed by atoms with Crippen LogP contribution in [0.1, 0.15) is 18.1 Å². The molecule has 16 heavy (non-hydrogen) atoms. The Morgan fingerprint density at radius 1 is 1.62 bits per heavy atom. The summed E-state index contributed by atoms with van der Waals surface area (Å²) in [7, 11) is 0. The van der Waals surface area contributed by atoms with Gasteiger partial charge < -0.3 is 19.9 Å². The van der Waals surface area contributed by atoms with Crippen LogP contribution in [0.3, 0.4) is 0 Å². The first-order valence-electron chi connectivity index (χ1n) is 5.15. The van der Waals surface area contributed by atoms with Crippen LogP contribution in [0.15, 0.2) is 4.52 Å². The molecule has 1 fully saturated rings. The summed E-state index contributed by atoms with van der Waals surface area (Å²) in [6, 6.07) is -0.134. The van der Waals surface area contributed by atoms with Gasteiger partial charge in [0.2, 0.25) is 5.89 Å². The molecule has 2 heterocycles.